The zero-order chi connectivity index (χ0) is 22.2. The third kappa shape index (κ3) is 5.80. The average Bonchev–Trinajstić information content (AvgIpc) is 3.27. The molecule has 0 spiro atoms. The molecule has 162 valence electrons. The monoisotopic (exact) mass is 443 g/mol. The third-order valence-corrected chi connectivity index (χ3v) is 5.95. The van der Waals surface area contributed by atoms with Crippen molar-refractivity contribution < 1.29 is 9.53 Å². The van der Waals surface area contributed by atoms with Crippen molar-refractivity contribution in [2.24, 2.45) is 0 Å². The van der Waals surface area contributed by atoms with Crippen LogP contribution in [0, 0.1) is 6.92 Å². The van der Waals surface area contributed by atoms with Gasteiger partial charge in [0.1, 0.15) is 11.6 Å². The Morgan fingerprint density at radius 2 is 1.75 bits per heavy atom. The first kappa shape index (κ1) is 21.7. The van der Waals surface area contributed by atoms with Crippen LogP contribution in [0.4, 0.5) is 0 Å². The topological polar surface area (TPSA) is 56.2 Å². The summed E-state index contributed by atoms with van der Waals surface area (Å²) >= 11 is 1.76. The lowest BCUT2D eigenvalue weighted by Gasteiger charge is -2.09. The van der Waals surface area contributed by atoms with E-state index in [1.807, 2.05) is 72.3 Å². The van der Waals surface area contributed by atoms with E-state index in [4.69, 9.17) is 4.74 Å². The number of carbonyl (C=O) groups excluding carboxylic acids is 1. The second kappa shape index (κ2) is 10.7. The number of rotatable bonds is 9. The van der Waals surface area contributed by atoms with Crippen LogP contribution >= 0.6 is 11.8 Å². The Labute approximate surface area is 192 Å². The molecule has 0 aliphatic carbocycles. The van der Waals surface area contributed by atoms with Gasteiger partial charge < -0.3 is 14.6 Å². The normalized spacial score (nSPS) is 10.7. The Bertz CT molecular complexity index is 1140. The Hall–Kier alpha value is -3.51. The molecule has 0 saturated carbocycles. The third-order valence-electron chi connectivity index (χ3n) is 4.97. The molecule has 0 radical (unpaired) electrons. The van der Waals surface area contributed by atoms with Gasteiger partial charge in [-0.25, -0.2) is 4.98 Å². The maximum Gasteiger partial charge on any atom is 0.251 e. The molecule has 5 nitrogen and oxygen atoms in total. The van der Waals surface area contributed by atoms with Gasteiger partial charge in [-0.2, -0.15) is 0 Å². The van der Waals surface area contributed by atoms with Crippen molar-refractivity contribution in [1.82, 2.24) is 14.9 Å². The number of amides is 1. The summed E-state index contributed by atoms with van der Waals surface area (Å²) in [6.45, 7) is 3.05. The first-order valence-electron chi connectivity index (χ1n) is 10.5. The van der Waals surface area contributed by atoms with Crippen molar-refractivity contribution in [2.45, 2.75) is 18.4 Å². The van der Waals surface area contributed by atoms with Crippen LogP contribution in [0.3, 0.4) is 0 Å². The molecule has 0 aliphatic rings. The van der Waals surface area contributed by atoms with Crippen molar-refractivity contribution in [3.63, 3.8) is 0 Å². The molecule has 0 atom stereocenters. The molecule has 4 aromatic rings. The average molecular weight is 444 g/mol. The maximum atomic E-state index is 12.5. The van der Waals surface area contributed by atoms with E-state index in [2.05, 4.69) is 22.4 Å². The zero-order valence-corrected chi connectivity index (χ0v) is 18.7. The lowest BCUT2D eigenvalue weighted by Crippen LogP contribution is -2.22. The van der Waals surface area contributed by atoms with Gasteiger partial charge >= 0.3 is 0 Å². The molecular formula is C26H25N3O2S. The van der Waals surface area contributed by atoms with Gasteiger partial charge in [0, 0.05) is 40.8 Å². The van der Waals surface area contributed by atoms with Gasteiger partial charge in [-0.3, -0.25) is 4.79 Å². The molecule has 3 aromatic carbocycles. The fourth-order valence-corrected chi connectivity index (χ4v) is 4.00. The largest absolute Gasteiger partial charge is 0.493 e. The molecule has 1 N–H and O–H groups in total. The number of hydrogen-bond donors (Lipinski definition) is 1. The molecule has 4 rings (SSSR count). The standard InChI is InChI=1S/C26H25N3O2S/c1-20-27-15-16-29(20)23-11-7-21(8-12-23)19-28-26(30)22-9-13-24(14-10-22)31-17-18-32-25-5-3-2-4-6-25/h2-16H,17-19H2,1H3,(H,28,30). The molecule has 6 heteroatoms. The number of nitrogens with one attached hydrogen (secondary N) is 1. The summed E-state index contributed by atoms with van der Waals surface area (Å²) in [5.41, 5.74) is 2.70. The van der Waals surface area contributed by atoms with Gasteiger partial charge in [0.25, 0.3) is 5.91 Å². The Morgan fingerprint density at radius 1 is 1.00 bits per heavy atom. The number of thioether (sulfide) groups is 1. The van der Waals surface area contributed by atoms with Crippen LogP contribution in [-0.2, 0) is 6.54 Å². The molecule has 0 unspecified atom stereocenters. The number of carbonyl (C=O) groups is 1. The first-order valence-corrected chi connectivity index (χ1v) is 11.5. The lowest BCUT2D eigenvalue weighted by molar-refractivity contribution is 0.0951. The highest BCUT2D eigenvalue weighted by molar-refractivity contribution is 7.99. The van der Waals surface area contributed by atoms with Crippen LogP contribution in [0.1, 0.15) is 21.7 Å². The van der Waals surface area contributed by atoms with Gasteiger partial charge in [0.15, 0.2) is 0 Å². The summed E-state index contributed by atoms with van der Waals surface area (Å²) in [7, 11) is 0. The first-order chi connectivity index (χ1) is 15.7. The molecule has 0 bridgehead atoms. The van der Waals surface area contributed by atoms with Crippen molar-refractivity contribution in [1.29, 1.82) is 0 Å². The summed E-state index contributed by atoms with van der Waals surface area (Å²) in [6, 6.07) is 25.6. The molecule has 0 saturated heterocycles. The van der Waals surface area contributed by atoms with Crippen LogP contribution in [0.2, 0.25) is 0 Å². The van der Waals surface area contributed by atoms with Gasteiger partial charge in [-0.05, 0) is 61.0 Å². The second-order valence-electron chi connectivity index (χ2n) is 7.23. The fourth-order valence-electron chi connectivity index (χ4n) is 3.25. The minimum atomic E-state index is -0.106. The van der Waals surface area contributed by atoms with E-state index in [1.54, 1.807) is 30.1 Å². The van der Waals surface area contributed by atoms with Crippen molar-refractivity contribution in [3.8, 4) is 11.4 Å². The molecule has 1 heterocycles. The molecule has 0 fully saturated rings. The molecule has 1 amide bonds. The lowest BCUT2D eigenvalue weighted by atomic mass is 10.1. The summed E-state index contributed by atoms with van der Waals surface area (Å²) < 4.78 is 7.80. The van der Waals surface area contributed by atoms with E-state index in [0.29, 0.717) is 18.7 Å². The Kier molecular flexibility index (Phi) is 7.25. The summed E-state index contributed by atoms with van der Waals surface area (Å²) in [5, 5.41) is 2.97. The maximum absolute atomic E-state index is 12.5. The van der Waals surface area contributed by atoms with Crippen LogP contribution in [0.25, 0.3) is 5.69 Å². The molecule has 0 aliphatic heterocycles. The van der Waals surface area contributed by atoms with Gasteiger partial charge in [0.05, 0.1) is 6.61 Å². The smallest absolute Gasteiger partial charge is 0.251 e. The van der Waals surface area contributed by atoms with E-state index >= 15 is 0 Å². The fraction of sp³-hybridized carbons (Fsp3) is 0.154. The van der Waals surface area contributed by atoms with Crippen LogP contribution in [0.5, 0.6) is 5.75 Å². The highest BCUT2D eigenvalue weighted by Gasteiger charge is 2.06. The Morgan fingerprint density at radius 3 is 2.44 bits per heavy atom. The van der Waals surface area contributed by atoms with E-state index in [-0.39, 0.29) is 5.91 Å². The predicted molar refractivity (Wildman–Crippen MR) is 129 cm³/mol. The summed E-state index contributed by atoms with van der Waals surface area (Å²) in [4.78, 5) is 18.0. The zero-order valence-electron chi connectivity index (χ0n) is 17.9. The number of imidazole rings is 1. The SMILES string of the molecule is Cc1nccn1-c1ccc(CNC(=O)c2ccc(OCCSc3ccccc3)cc2)cc1. The van der Waals surface area contributed by atoms with Gasteiger partial charge in [-0.1, -0.05) is 30.3 Å². The number of benzene rings is 3. The highest BCUT2D eigenvalue weighted by atomic mass is 32.2. The van der Waals surface area contributed by atoms with Gasteiger partial charge in [0.2, 0.25) is 0 Å². The second-order valence-corrected chi connectivity index (χ2v) is 8.40. The van der Waals surface area contributed by atoms with Crippen molar-refractivity contribution in [2.75, 3.05) is 12.4 Å². The van der Waals surface area contributed by atoms with E-state index in [0.717, 1.165) is 28.6 Å². The minimum Gasteiger partial charge on any atom is -0.493 e. The number of ether oxygens (including phenoxy) is 1. The molecule has 1 aromatic heterocycles. The number of aryl methyl sites for hydroxylation is 1. The van der Waals surface area contributed by atoms with E-state index in [1.165, 1.54) is 4.90 Å². The van der Waals surface area contributed by atoms with E-state index < -0.39 is 0 Å². The number of nitrogens with zero attached hydrogens (tertiary/aromatic N) is 2. The van der Waals surface area contributed by atoms with Crippen molar-refractivity contribution in [3.05, 3.63) is 108 Å². The highest BCUT2D eigenvalue weighted by Crippen LogP contribution is 2.18. The summed E-state index contributed by atoms with van der Waals surface area (Å²) in [5.74, 6) is 2.46. The number of aromatic nitrogens is 2. The Balaban J connectivity index is 1.22. The minimum absolute atomic E-state index is 0.106. The summed E-state index contributed by atoms with van der Waals surface area (Å²) in [6.07, 6.45) is 3.71. The quantitative estimate of drug-likeness (QED) is 0.282. The van der Waals surface area contributed by atoms with Crippen LogP contribution in [0.15, 0.2) is 96.2 Å². The van der Waals surface area contributed by atoms with E-state index in [9.17, 15) is 4.79 Å². The van der Waals surface area contributed by atoms with Crippen LogP contribution in [-0.4, -0.2) is 27.8 Å². The number of hydrogen-bond acceptors (Lipinski definition) is 4. The van der Waals surface area contributed by atoms with Crippen molar-refractivity contribution >= 4 is 17.7 Å². The molecule has 32 heavy (non-hydrogen) atoms. The predicted octanol–water partition coefficient (Wildman–Crippen LogP) is 5.28. The van der Waals surface area contributed by atoms with Gasteiger partial charge in [-0.15, -0.1) is 11.8 Å². The molecular weight excluding hydrogens is 418 g/mol. The van der Waals surface area contributed by atoms with Crippen LogP contribution < -0.4 is 10.1 Å².